The molecule has 0 bridgehead atoms. The second-order valence-electron chi connectivity index (χ2n) is 3.26. The minimum atomic E-state index is -0.312. The third-order valence-electron chi connectivity index (χ3n) is 2.27. The third kappa shape index (κ3) is 1.72. The number of terminal acetylenes is 1. The smallest absolute Gasteiger partial charge is 0.232 e. The Hall–Kier alpha value is -1.09. The van der Waals surface area contributed by atoms with Crippen LogP contribution in [-0.2, 0) is 11.2 Å². The predicted molar refractivity (Wildman–Crippen MR) is 64.0 cm³/mol. The summed E-state index contributed by atoms with van der Waals surface area (Å²) >= 11 is 2.01. The summed E-state index contributed by atoms with van der Waals surface area (Å²) in [6.07, 6.45) is 5.43. The summed E-state index contributed by atoms with van der Waals surface area (Å²) in [5.41, 5.74) is 1.49. The Kier molecular flexibility index (Phi) is 2.65. The molecule has 15 heavy (non-hydrogen) atoms. The van der Waals surface area contributed by atoms with Crippen molar-refractivity contribution in [1.82, 2.24) is 0 Å². The van der Waals surface area contributed by atoms with Gasteiger partial charge in [-0.05, 0) is 40.3 Å². The highest BCUT2D eigenvalue weighted by Gasteiger charge is 2.29. The molecule has 1 amide bonds. The van der Waals surface area contributed by atoms with Crippen LogP contribution in [0.4, 0.5) is 10.1 Å². The molecular weight excluding hydrogens is 308 g/mol. The first-order valence-corrected chi connectivity index (χ1v) is 5.43. The zero-order valence-corrected chi connectivity index (χ0v) is 9.92. The normalized spacial score (nSPS) is 13.9. The van der Waals surface area contributed by atoms with Gasteiger partial charge >= 0.3 is 0 Å². The Morgan fingerprint density at radius 2 is 2.33 bits per heavy atom. The molecule has 2 rings (SSSR count). The van der Waals surface area contributed by atoms with E-state index in [1.807, 2.05) is 22.6 Å². The molecule has 0 aliphatic carbocycles. The van der Waals surface area contributed by atoms with E-state index in [1.165, 1.54) is 17.0 Å². The number of amides is 1. The zero-order valence-electron chi connectivity index (χ0n) is 7.76. The van der Waals surface area contributed by atoms with E-state index in [1.54, 1.807) is 0 Å². The number of hydrogen-bond acceptors (Lipinski definition) is 1. The molecule has 1 aliphatic rings. The fraction of sp³-hybridized carbons (Fsp3) is 0.182. The van der Waals surface area contributed by atoms with Crippen LogP contribution < -0.4 is 4.90 Å². The number of hydrogen-bond donors (Lipinski definition) is 0. The summed E-state index contributed by atoms with van der Waals surface area (Å²) in [5, 5.41) is 0. The van der Waals surface area contributed by atoms with Gasteiger partial charge in [0.05, 0.1) is 18.7 Å². The van der Waals surface area contributed by atoms with Crippen molar-refractivity contribution in [3.05, 3.63) is 27.1 Å². The summed E-state index contributed by atoms with van der Waals surface area (Å²) in [6.45, 7) is 0.244. The molecule has 76 valence electrons. The molecule has 1 aliphatic heterocycles. The second kappa shape index (κ2) is 3.81. The van der Waals surface area contributed by atoms with Gasteiger partial charge < -0.3 is 0 Å². The van der Waals surface area contributed by atoms with Crippen LogP contribution in [0, 0.1) is 21.7 Å². The molecule has 0 aromatic heterocycles. The zero-order chi connectivity index (χ0) is 11.0. The van der Waals surface area contributed by atoms with E-state index in [0.717, 1.165) is 14.8 Å². The average molecular weight is 315 g/mol. The van der Waals surface area contributed by atoms with Crippen LogP contribution in [0.25, 0.3) is 0 Å². The minimum Gasteiger partial charge on any atom is -0.299 e. The Morgan fingerprint density at radius 1 is 1.60 bits per heavy atom. The molecule has 0 radical (unpaired) electrons. The van der Waals surface area contributed by atoms with Crippen molar-refractivity contribution in [3.8, 4) is 12.3 Å². The maximum Gasteiger partial charge on any atom is 0.232 e. The fourth-order valence-electron chi connectivity index (χ4n) is 1.70. The van der Waals surface area contributed by atoms with Gasteiger partial charge in [-0.2, -0.15) is 0 Å². The summed E-state index contributed by atoms with van der Waals surface area (Å²) in [4.78, 5) is 13.1. The Labute approximate surface area is 101 Å². The fourth-order valence-corrected chi connectivity index (χ4v) is 2.63. The molecule has 2 nitrogen and oxygen atoms in total. The van der Waals surface area contributed by atoms with Gasteiger partial charge in [-0.25, -0.2) is 4.39 Å². The molecule has 1 aromatic carbocycles. The number of carbonyl (C=O) groups excluding carboxylic acids is 1. The van der Waals surface area contributed by atoms with Crippen molar-refractivity contribution < 1.29 is 9.18 Å². The van der Waals surface area contributed by atoms with E-state index >= 15 is 0 Å². The largest absolute Gasteiger partial charge is 0.299 e. The lowest BCUT2D eigenvalue weighted by molar-refractivity contribution is -0.117. The Morgan fingerprint density at radius 3 is 3.00 bits per heavy atom. The van der Waals surface area contributed by atoms with E-state index < -0.39 is 0 Å². The second-order valence-corrected chi connectivity index (χ2v) is 4.42. The van der Waals surface area contributed by atoms with E-state index in [4.69, 9.17) is 6.42 Å². The number of carbonyl (C=O) groups is 1. The van der Waals surface area contributed by atoms with Crippen LogP contribution in [0.15, 0.2) is 12.1 Å². The van der Waals surface area contributed by atoms with Crippen LogP contribution in [0.3, 0.4) is 0 Å². The molecule has 0 saturated carbocycles. The molecule has 0 fully saturated rings. The van der Waals surface area contributed by atoms with E-state index in [-0.39, 0.29) is 24.7 Å². The van der Waals surface area contributed by atoms with E-state index in [0.29, 0.717) is 0 Å². The predicted octanol–water partition coefficient (Wildman–Crippen LogP) is 1.95. The standard InChI is InChI=1S/C11H7FINO/c1-2-3-14-10(15)5-7-4-8(12)6-9(13)11(7)14/h1,4,6H,3,5H2. The average Bonchev–Trinajstić information content (AvgIpc) is 2.43. The van der Waals surface area contributed by atoms with Gasteiger partial charge in [0.2, 0.25) is 5.91 Å². The van der Waals surface area contributed by atoms with Gasteiger partial charge in [-0.15, -0.1) is 6.42 Å². The van der Waals surface area contributed by atoms with E-state index in [2.05, 4.69) is 5.92 Å². The maximum absolute atomic E-state index is 13.1. The first-order chi connectivity index (χ1) is 7.13. The van der Waals surface area contributed by atoms with Crippen molar-refractivity contribution in [1.29, 1.82) is 0 Å². The summed E-state index contributed by atoms with van der Waals surface area (Å²) in [7, 11) is 0. The molecule has 0 unspecified atom stereocenters. The van der Waals surface area contributed by atoms with Gasteiger partial charge in [0.25, 0.3) is 0 Å². The lowest BCUT2D eigenvalue weighted by atomic mass is 10.1. The topological polar surface area (TPSA) is 20.3 Å². The van der Waals surface area contributed by atoms with E-state index in [9.17, 15) is 9.18 Å². The number of fused-ring (bicyclic) bond motifs is 1. The van der Waals surface area contributed by atoms with Crippen molar-refractivity contribution >= 4 is 34.2 Å². The molecule has 0 spiro atoms. The SMILES string of the molecule is C#CCN1C(=O)Cc2cc(F)cc(I)c21. The number of anilines is 1. The highest BCUT2D eigenvalue weighted by Crippen LogP contribution is 2.34. The molecule has 0 saturated heterocycles. The summed E-state index contributed by atoms with van der Waals surface area (Å²) < 4.78 is 13.8. The van der Waals surface area contributed by atoms with Gasteiger partial charge in [-0.3, -0.25) is 9.69 Å². The van der Waals surface area contributed by atoms with Crippen molar-refractivity contribution in [2.24, 2.45) is 0 Å². The lowest BCUT2D eigenvalue weighted by Gasteiger charge is -2.15. The number of benzene rings is 1. The van der Waals surface area contributed by atoms with Crippen LogP contribution in [0.1, 0.15) is 5.56 Å². The van der Waals surface area contributed by atoms with Crippen LogP contribution in [-0.4, -0.2) is 12.5 Å². The highest BCUT2D eigenvalue weighted by molar-refractivity contribution is 14.1. The van der Waals surface area contributed by atoms with Crippen molar-refractivity contribution in [3.63, 3.8) is 0 Å². The quantitative estimate of drug-likeness (QED) is 0.573. The highest BCUT2D eigenvalue weighted by atomic mass is 127. The first-order valence-electron chi connectivity index (χ1n) is 4.35. The number of rotatable bonds is 1. The monoisotopic (exact) mass is 315 g/mol. The minimum absolute atomic E-state index is 0.0635. The molecule has 0 N–H and O–H groups in total. The molecule has 0 atom stereocenters. The summed E-state index contributed by atoms with van der Waals surface area (Å²) in [5.74, 6) is 2.06. The van der Waals surface area contributed by atoms with Crippen LogP contribution >= 0.6 is 22.6 Å². The van der Waals surface area contributed by atoms with Crippen molar-refractivity contribution in [2.75, 3.05) is 11.4 Å². The first kappa shape index (κ1) is 10.4. The van der Waals surface area contributed by atoms with Gasteiger partial charge in [-0.1, -0.05) is 5.92 Å². The molecular formula is C11H7FINO. The molecule has 4 heteroatoms. The molecule has 1 aromatic rings. The van der Waals surface area contributed by atoms with Crippen molar-refractivity contribution in [2.45, 2.75) is 6.42 Å². The third-order valence-corrected chi connectivity index (χ3v) is 3.09. The summed E-state index contributed by atoms with van der Waals surface area (Å²) in [6, 6.07) is 2.80. The van der Waals surface area contributed by atoms with Gasteiger partial charge in [0.15, 0.2) is 0 Å². The number of nitrogens with zero attached hydrogens (tertiary/aromatic N) is 1. The maximum atomic E-state index is 13.1. The number of halogens is 2. The van der Waals surface area contributed by atoms with Crippen LogP contribution in [0.2, 0.25) is 0 Å². The molecule has 1 heterocycles. The van der Waals surface area contributed by atoms with Crippen LogP contribution in [0.5, 0.6) is 0 Å². The van der Waals surface area contributed by atoms with Gasteiger partial charge in [0, 0.05) is 3.57 Å². The Balaban J connectivity index is 2.54. The Bertz CT molecular complexity index is 478. The van der Waals surface area contributed by atoms with Gasteiger partial charge in [0.1, 0.15) is 5.82 Å². The lowest BCUT2D eigenvalue weighted by Crippen LogP contribution is -2.27.